The minimum absolute atomic E-state index is 0.195. The Kier molecular flexibility index (Phi) is 4.62. The zero-order valence-electron chi connectivity index (χ0n) is 13.9. The second-order valence-electron chi connectivity index (χ2n) is 6.49. The summed E-state index contributed by atoms with van der Waals surface area (Å²) in [6.45, 7) is 5.34. The first-order valence-electron chi connectivity index (χ1n) is 8.57. The van der Waals surface area contributed by atoms with Crippen LogP contribution >= 0.6 is 15.9 Å². The highest BCUT2D eigenvalue weighted by Gasteiger charge is 2.21. The van der Waals surface area contributed by atoms with Gasteiger partial charge >= 0.3 is 0 Å². The fourth-order valence-electron chi connectivity index (χ4n) is 3.61. The van der Waals surface area contributed by atoms with Crippen molar-refractivity contribution in [1.82, 2.24) is 14.8 Å². The Morgan fingerprint density at radius 2 is 2.04 bits per heavy atom. The Morgan fingerprint density at radius 3 is 2.84 bits per heavy atom. The number of morpholine rings is 1. The third-order valence-electron chi connectivity index (χ3n) is 4.90. The molecule has 2 aromatic rings. The second kappa shape index (κ2) is 6.90. The molecule has 2 aliphatic heterocycles. The number of aromatic nitrogens is 1. The Morgan fingerprint density at radius 1 is 1.24 bits per heavy atom. The largest absolute Gasteiger partial charge is 0.379 e. The van der Waals surface area contributed by atoms with Gasteiger partial charge in [-0.15, -0.1) is 0 Å². The molecular formula is C18H20BrN3O3. The first-order valence-corrected chi connectivity index (χ1v) is 9.36. The zero-order valence-corrected chi connectivity index (χ0v) is 15.5. The van der Waals surface area contributed by atoms with Crippen molar-refractivity contribution in [2.75, 3.05) is 39.4 Å². The molecule has 3 heterocycles. The lowest BCUT2D eigenvalue weighted by atomic mass is 10.1. The number of carbonyl (C=O) groups excluding carboxylic acids is 1. The standard InChI is InChI=1S/C18H20BrN3O3/c19-13-9-12-1-3-22-11-15(17(23)14(10-13)16(12)22)18(24)20-2-4-21-5-7-25-8-6-21/h9-11H,1-8H2,(H,20,24). The number of benzene rings is 1. The van der Waals surface area contributed by atoms with Gasteiger partial charge in [0.05, 0.1) is 18.7 Å². The molecule has 25 heavy (non-hydrogen) atoms. The van der Waals surface area contributed by atoms with E-state index in [4.69, 9.17) is 4.74 Å². The molecule has 7 heteroatoms. The van der Waals surface area contributed by atoms with E-state index in [1.165, 1.54) is 0 Å². The molecule has 0 saturated carbocycles. The number of aryl methyl sites for hydroxylation is 2. The number of pyridine rings is 1. The number of ether oxygens (including phenoxy) is 1. The van der Waals surface area contributed by atoms with Crippen LogP contribution in [0, 0.1) is 0 Å². The number of nitrogens with zero attached hydrogens (tertiary/aromatic N) is 2. The van der Waals surface area contributed by atoms with Gasteiger partial charge < -0.3 is 14.6 Å². The molecule has 1 amide bonds. The van der Waals surface area contributed by atoms with E-state index in [0.717, 1.165) is 61.4 Å². The maximum absolute atomic E-state index is 12.8. The fourth-order valence-corrected chi connectivity index (χ4v) is 4.11. The van der Waals surface area contributed by atoms with Gasteiger partial charge in [0.2, 0.25) is 5.43 Å². The van der Waals surface area contributed by atoms with Crippen molar-refractivity contribution in [1.29, 1.82) is 0 Å². The second-order valence-corrected chi connectivity index (χ2v) is 7.40. The summed E-state index contributed by atoms with van der Waals surface area (Å²) in [4.78, 5) is 27.6. The van der Waals surface area contributed by atoms with Crippen molar-refractivity contribution in [3.8, 4) is 0 Å². The monoisotopic (exact) mass is 405 g/mol. The molecule has 132 valence electrons. The molecule has 1 saturated heterocycles. The molecule has 2 aliphatic rings. The zero-order chi connectivity index (χ0) is 17.4. The van der Waals surface area contributed by atoms with Gasteiger partial charge in [-0.3, -0.25) is 14.5 Å². The molecule has 1 N–H and O–H groups in total. The van der Waals surface area contributed by atoms with E-state index < -0.39 is 0 Å². The predicted octanol–water partition coefficient (Wildman–Crippen LogP) is 1.38. The minimum Gasteiger partial charge on any atom is -0.379 e. The maximum atomic E-state index is 12.8. The van der Waals surface area contributed by atoms with Gasteiger partial charge in [-0.25, -0.2) is 0 Å². The third-order valence-corrected chi connectivity index (χ3v) is 5.36. The Balaban J connectivity index is 1.54. The normalized spacial score (nSPS) is 17.2. The first-order chi connectivity index (χ1) is 12.1. The quantitative estimate of drug-likeness (QED) is 0.834. The number of carbonyl (C=O) groups is 1. The number of nitrogens with one attached hydrogen (secondary N) is 1. The number of hydrogen-bond donors (Lipinski definition) is 1. The molecule has 1 fully saturated rings. The van der Waals surface area contributed by atoms with Gasteiger partial charge in [0.15, 0.2) is 0 Å². The van der Waals surface area contributed by atoms with Crippen LogP contribution in [0.25, 0.3) is 10.9 Å². The Bertz CT molecular complexity index is 887. The molecule has 0 radical (unpaired) electrons. The molecule has 0 aliphatic carbocycles. The van der Waals surface area contributed by atoms with Gasteiger partial charge in [-0.05, 0) is 24.1 Å². The van der Waals surface area contributed by atoms with Crippen LogP contribution in [-0.2, 0) is 17.7 Å². The molecule has 0 bridgehead atoms. The highest BCUT2D eigenvalue weighted by molar-refractivity contribution is 9.10. The number of halogens is 1. The van der Waals surface area contributed by atoms with E-state index in [2.05, 4.69) is 26.1 Å². The topological polar surface area (TPSA) is 63.6 Å². The van der Waals surface area contributed by atoms with Crippen LogP contribution in [0.5, 0.6) is 0 Å². The van der Waals surface area contributed by atoms with Crippen LogP contribution < -0.4 is 10.7 Å². The summed E-state index contributed by atoms with van der Waals surface area (Å²) >= 11 is 3.46. The van der Waals surface area contributed by atoms with Crippen LogP contribution in [0.3, 0.4) is 0 Å². The molecule has 6 nitrogen and oxygen atoms in total. The van der Waals surface area contributed by atoms with E-state index in [0.29, 0.717) is 11.9 Å². The lowest BCUT2D eigenvalue weighted by molar-refractivity contribution is 0.0383. The molecule has 0 spiro atoms. The van der Waals surface area contributed by atoms with Crippen molar-refractivity contribution in [2.45, 2.75) is 13.0 Å². The first kappa shape index (κ1) is 16.8. The molecule has 4 rings (SSSR count). The average Bonchev–Trinajstić information content (AvgIpc) is 3.01. The maximum Gasteiger partial charge on any atom is 0.256 e. The molecular weight excluding hydrogens is 386 g/mol. The molecule has 0 unspecified atom stereocenters. The highest BCUT2D eigenvalue weighted by atomic mass is 79.9. The van der Waals surface area contributed by atoms with E-state index >= 15 is 0 Å². The number of hydrogen-bond acceptors (Lipinski definition) is 4. The van der Waals surface area contributed by atoms with E-state index in [1.54, 1.807) is 6.20 Å². The summed E-state index contributed by atoms with van der Waals surface area (Å²) < 4.78 is 8.22. The summed E-state index contributed by atoms with van der Waals surface area (Å²) in [6.07, 6.45) is 2.59. The van der Waals surface area contributed by atoms with Gasteiger partial charge in [-0.1, -0.05) is 15.9 Å². The number of rotatable bonds is 4. The van der Waals surface area contributed by atoms with Crippen molar-refractivity contribution in [3.05, 3.63) is 44.2 Å². The fraction of sp³-hybridized carbons (Fsp3) is 0.444. The average molecular weight is 406 g/mol. The number of amides is 1. The van der Waals surface area contributed by atoms with E-state index in [-0.39, 0.29) is 16.9 Å². The van der Waals surface area contributed by atoms with Crippen molar-refractivity contribution in [3.63, 3.8) is 0 Å². The summed E-state index contributed by atoms with van der Waals surface area (Å²) in [5.74, 6) is -0.294. The predicted molar refractivity (Wildman–Crippen MR) is 99.2 cm³/mol. The van der Waals surface area contributed by atoms with Crippen molar-refractivity contribution >= 4 is 32.7 Å². The highest BCUT2D eigenvalue weighted by Crippen LogP contribution is 2.28. The summed E-state index contributed by atoms with van der Waals surface area (Å²) in [6, 6.07) is 3.86. The third kappa shape index (κ3) is 3.23. The van der Waals surface area contributed by atoms with Gasteiger partial charge in [0.25, 0.3) is 5.91 Å². The lowest BCUT2D eigenvalue weighted by Gasteiger charge is -2.26. The van der Waals surface area contributed by atoms with Crippen LogP contribution in [0.2, 0.25) is 0 Å². The van der Waals surface area contributed by atoms with Gasteiger partial charge in [0, 0.05) is 48.8 Å². The lowest BCUT2D eigenvalue weighted by Crippen LogP contribution is -2.42. The molecule has 1 aromatic heterocycles. The Labute approximate surface area is 153 Å². The smallest absolute Gasteiger partial charge is 0.256 e. The van der Waals surface area contributed by atoms with E-state index in [1.807, 2.05) is 16.7 Å². The summed E-state index contributed by atoms with van der Waals surface area (Å²) in [5, 5.41) is 3.50. The van der Waals surface area contributed by atoms with Crippen molar-refractivity contribution in [2.24, 2.45) is 0 Å². The minimum atomic E-state index is -0.294. The summed E-state index contributed by atoms with van der Waals surface area (Å²) in [7, 11) is 0. The van der Waals surface area contributed by atoms with Crippen LogP contribution in [0.4, 0.5) is 0 Å². The van der Waals surface area contributed by atoms with Gasteiger partial charge in [-0.2, -0.15) is 0 Å². The van der Waals surface area contributed by atoms with Crippen LogP contribution in [-0.4, -0.2) is 54.8 Å². The molecule has 0 atom stereocenters. The van der Waals surface area contributed by atoms with Crippen molar-refractivity contribution < 1.29 is 9.53 Å². The van der Waals surface area contributed by atoms with Crippen LogP contribution in [0.1, 0.15) is 15.9 Å². The SMILES string of the molecule is O=C(NCCN1CCOCC1)c1cn2c3c(cc(Br)cc3c1=O)CC2. The summed E-state index contributed by atoms with van der Waals surface area (Å²) in [5.41, 5.74) is 2.14. The Hall–Kier alpha value is -1.70. The van der Waals surface area contributed by atoms with Gasteiger partial charge in [0.1, 0.15) is 5.56 Å². The molecule has 1 aromatic carbocycles. The van der Waals surface area contributed by atoms with E-state index in [9.17, 15) is 9.59 Å². The van der Waals surface area contributed by atoms with Crippen LogP contribution in [0.15, 0.2) is 27.6 Å².